The molecule has 0 saturated carbocycles. The van der Waals surface area contributed by atoms with Gasteiger partial charge < -0.3 is 9.80 Å². The molecule has 2 aromatic rings. The maximum Gasteiger partial charge on any atom is 0.261 e. The van der Waals surface area contributed by atoms with Crippen LogP contribution in [0.15, 0.2) is 68.6 Å². The Balaban J connectivity index is 1.73. The van der Waals surface area contributed by atoms with Crippen LogP contribution < -0.4 is 0 Å². The first-order valence-electron chi connectivity index (χ1n) is 23.0. The van der Waals surface area contributed by atoms with Crippen LogP contribution in [0.25, 0.3) is 11.4 Å². The Labute approximate surface area is 359 Å². The molecular formula is C50H74Br2N2O2. The van der Waals surface area contributed by atoms with Crippen molar-refractivity contribution in [1.29, 1.82) is 0 Å². The number of hydrogen-bond acceptors (Lipinski definition) is 2. The van der Waals surface area contributed by atoms with Crippen molar-refractivity contribution in [2.45, 2.75) is 182 Å². The molecule has 0 radical (unpaired) electrons. The molecule has 56 heavy (non-hydrogen) atoms. The predicted octanol–water partition coefficient (Wildman–Crippen LogP) is 15.7. The van der Waals surface area contributed by atoms with Crippen molar-refractivity contribution in [2.75, 3.05) is 13.1 Å². The first-order chi connectivity index (χ1) is 27.3. The van der Waals surface area contributed by atoms with Gasteiger partial charge in [-0.15, -0.1) is 0 Å². The summed E-state index contributed by atoms with van der Waals surface area (Å²) < 4.78 is 1.98. The molecule has 2 aliphatic rings. The fourth-order valence-corrected chi connectivity index (χ4v) is 9.41. The fourth-order valence-electron chi connectivity index (χ4n) is 8.88. The third-order valence-electron chi connectivity index (χ3n) is 12.2. The molecule has 310 valence electrons. The van der Waals surface area contributed by atoms with Gasteiger partial charge in [0.05, 0.1) is 22.5 Å². The Bertz CT molecular complexity index is 1410. The van der Waals surface area contributed by atoms with Gasteiger partial charge in [-0.05, 0) is 72.9 Å². The number of carbonyl (C=O) groups excluding carboxylic acids is 2. The van der Waals surface area contributed by atoms with Crippen LogP contribution in [0.2, 0.25) is 0 Å². The summed E-state index contributed by atoms with van der Waals surface area (Å²) in [4.78, 5) is 34.5. The van der Waals surface area contributed by atoms with E-state index in [0.717, 1.165) is 57.1 Å². The summed E-state index contributed by atoms with van der Waals surface area (Å²) >= 11 is 7.29. The Kier molecular flexibility index (Phi) is 21.6. The normalized spacial score (nSPS) is 15.5. The molecule has 4 nitrogen and oxygen atoms in total. The van der Waals surface area contributed by atoms with E-state index < -0.39 is 0 Å². The summed E-state index contributed by atoms with van der Waals surface area (Å²) in [7, 11) is 0. The van der Waals surface area contributed by atoms with Crippen LogP contribution in [0.4, 0.5) is 0 Å². The van der Waals surface area contributed by atoms with Crippen LogP contribution in [-0.4, -0.2) is 34.7 Å². The summed E-state index contributed by atoms with van der Waals surface area (Å²) in [5, 5.41) is 0. The van der Waals surface area contributed by atoms with E-state index in [1.165, 1.54) is 128 Å². The van der Waals surface area contributed by atoms with Gasteiger partial charge >= 0.3 is 0 Å². The van der Waals surface area contributed by atoms with Crippen LogP contribution in [0, 0.1) is 11.8 Å². The highest BCUT2D eigenvalue weighted by molar-refractivity contribution is 9.10. The molecule has 0 N–H and O–H groups in total. The van der Waals surface area contributed by atoms with E-state index in [-0.39, 0.29) is 11.8 Å². The minimum absolute atomic E-state index is 0.00334. The van der Waals surface area contributed by atoms with E-state index in [9.17, 15) is 0 Å². The predicted molar refractivity (Wildman–Crippen MR) is 246 cm³/mol. The maximum atomic E-state index is 15.2. The van der Waals surface area contributed by atoms with Gasteiger partial charge in [-0.25, -0.2) is 0 Å². The first-order valence-corrected chi connectivity index (χ1v) is 24.6. The minimum atomic E-state index is 0.00334. The highest BCUT2D eigenvalue weighted by atomic mass is 79.9. The Hall–Kier alpha value is -2.18. The number of hydrogen-bond donors (Lipinski definition) is 0. The lowest BCUT2D eigenvalue weighted by molar-refractivity contribution is -0.124. The molecule has 2 unspecified atom stereocenters. The van der Waals surface area contributed by atoms with Crippen molar-refractivity contribution < 1.29 is 9.59 Å². The Morgan fingerprint density at radius 1 is 0.411 bits per heavy atom. The molecule has 4 rings (SSSR count). The number of fused-ring (bicyclic) bond motifs is 1. The average molecular weight is 895 g/mol. The highest BCUT2D eigenvalue weighted by Gasteiger charge is 2.49. The Morgan fingerprint density at radius 3 is 0.982 bits per heavy atom. The number of unbranched alkanes of at least 4 members (excludes halogenated alkanes) is 16. The van der Waals surface area contributed by atoms with Gasteiger partial charge in [0.1, 0.15) is 0 Å². The first kappa shape index (κ1) is 46.5. The maximum absolute atomic E-state index is 15.2. The molecule has 2 amide bonds. The summed E-state index contributed by atoms with van der Waals surface area (Å²) in [6.45, 7) is 10.4. The molecule has 2 aromatic carbocycles. The number of carbonyl (C=O) groups is 2. The van der Waals surface area contributed by atoms with Crippen molar-refractivity contribution in [3.8, 4) is 0 Å². The van der Waals surface area contributed by atoms with Crippen LogP contribution in [0.5, 0.6) is 0 Å². The largest absolute Gasteiger partial charge is 0.307 e. The molecule has 0 bridgehead atoms. The zero-order chi connectivity index (χ0) is 40.1. The number of halogens is 2. The topological polar surface area (TPSA) is 40.6 Å². The van der Waals surface area contributed by atoms with E-state index in [1.807, 2.05) is 34.1 Å². The fraction of sp³-hybridized carbons (Fsp3) is 0.640. The van der Waals surface area contributed by atoms with Crippen molar-refractivity contribution >= 4 is 55.1 Å². The summed E-state index contributed by atoms with van der Waals surface area (Å²) in [6, 6.07) is 16.5. The van der Waals surface area contributed by atoms with E-state index in [0.29, 0.717) is 36.1 Å². The number of rotatable bonds is 30. The smallest absolute Gasteiger partial charge is 0.261 e. The quantitative estimate of drug-likeness (QED) is 0.0733. The second-order valence-corrected chi connectivity index (χ2v) is 18.7. The lowest BCUT2D eigenvalue weighted by atomic mass is 9.93. The van der Waals surface area contributed by atoms with Gasteiger partial charge in [-0.1, -0.05) is 212 Å². The SMILES string of the molecule is CCCCCCCCC(CCCCCC)CN1C(=O)C2=C(c3ccc(Br)cc3)N(CC(CCCCCC)CCCCCCCC)C(=O)C2=C1c1ccc(Br)cc1. The zero-order valence-electron chi connectivity index (χ0n) is 35.6. The lowest BCUT2D eigenvalue weighted by Gasteiger charge is -2.30. The second-order valence-electron chi connectivity index (χ2n) is 16.8. The number of benzene rings is 2. The van der Waals surface area contributed by atoms with Gasteiger partial charge in [0, 0.05) is 22.0 Å². The Morgan fingerprint density at radius 2 is 0.679 bits per heavy atom. The molecule has 2 atom stereocenters. The molecule has 2 aliphatic heterocycles. The van der Waals surface area contributed by atoms with Gasteiger partial charge in [0.25, 0.3) is 11.8 Å². The molecule has 0 fully saturated rings. The van der Waals surface area contributed by atoms with Gasteiger partial charge in [-0.3, -0.25) is 9.59 Å². The van der Waals surface area contributed by atoms with E-state index in [4.69, 9.17) is 0 Å². The van der Waals surface area contributed by atoms with E-state index >= 15 is 9.59 Å². The minimum Gasteiger partial charge on any atom is -0.307 e. The van der Waals surface area contributed by atoms with E-state index in [2.05, 4.69) is 83.8 Å². The van der Waals surface area contributed by atoms with Crippen LogP contribution in [0.3, 0.4) is 0 Å². The molecule has 2 heterocycles. The highest BCUT2D eigenvalue weighted by Crippen LogP contribution is 2.48. The third-order valence-corrected chi connectivity index (χ3v) is 13.2. The van der Waals surface area contributed by atoms with Gasteiger partial charge in [0.2, 0.25) is 0 Å². The zero-order valence-corrected chi connectivity index (χ0v) is 38.8. The molecular weight excluding hydrogens is 820 g/mol. The second kappa shape index (κ2) is 26.0. The number of nitrogens with zero attached hydrogens (tertiary/aromatic N) is 2. The summed E-state index contributed by atoms with van der Waals surface area (Å²) in [6.07, 6.45) is 29.6. The van der Waals surface area contributed by atoms with Gasteiger partial charge in [-0.2, -0.15) is 0 Å². The molecule has 0 spiro atoms. The van der Waals surface area contributed by atoms with Crippen molar-refractivity contribution in [2.24, 2.45) is 11.8 Å². The van der Waals surface area contributed by atoms with Crippen LogP contribution in [0.1, 0.15) is 193 Å². The van der Waals surface area contributed by atoms with E-state index in [1.54, 1.807) is 0 Å². The molecule has 0 aliphatic carbocycles. The van der Waals surface area contributed by atoms with Crippen molar-refractivity contribution in [1.82, 2.24) is 9.80 Å². The van der Waals surface area contributed by atoms with Crippen molar-refractivity contribution in [3.63, 3.8) is 0 Å². The number of amides is 2. The van der Waals surface area contributed by atoms with Crippen LogP contribution in [-0.2, 0) is 9.59 Å². The average Bonchev–Trinajstić information content (AvgIpc) is 3.64. The molecule has 0 saturated heterocycles. The molecule has 0 aromatic heterocycles. The summed E-state index contributed by atoms with van der Waals surface area (Å²) in [5.74, 6) is 0.812. The molecule has 6 heteroatoms. The van der Waals surface area contributed by atoms with Crippen molar-refractivity contribution in [3.05, 3.63) is 79.7 Å². The lowest BCUT2D eigenvalue weighted by Crippen LogP contribution is -2.35. The van der Waals surface area contributed by atoms with Crippen LogP contribution >= 0.6 is 31.9 Å². The monoisotopic (exact) mass is 892 g/mol. The summed E-state index contributed by atoms with van der Waals surface area (Å²) in [5.41, 5.74) is 4.76. The van der Waals surface area contributed by atoms with Gasteiger partial charge in [0.15, 0.2) is 0 Å². The standard InChI is InChI=1S/C50H74Br2N2O2/c1-5-9-13-17-19-23-27-39(25-21-15-11-7-3)37-53-47(41-29-33-43(51)34-30-41)45-46(49(53)55)48(42-31-35-44(52)36-32-42)54(50(45)56)38-40(26-22-16-12-8-4)28-24-20-18-14-10-6-2/h29-36,39-40H,5-28,37-38H2,1-4H3. The third kappa shape index (κ3) is 14.0.